The summed E-state index contributed by atoms with van der Waals surface area (Å²) in [7, 11) is 0. The van der Waals surface area contributed by atoms with Gasteiger partial charge in [0, 0.05) is 30.0 Å². The van der Waals surface area contributed by atoms with E-state index in [2.05, 4.69) is 10.6 Å². The minimum Gasteiger partial charge on any atom is -0.410 e. The molecule has 2 aromatic carbocycles. The minimum atomic E-state index is -0.591. The van der Waals surface area contributed by atoms with Crippen molar-refractivity contribution in [2.75, 3.05) is 16.8 Å². The first-order valence-electron chi connectivity index (χ1n) is 9.53. The van der Waals surface area contributed by atoms with Crippen LogP contribution in [0.4, 0.5) is 21.0 Å². The zero-order chi connectivity index (χ0) is 21.2. The molecule has 0 spiro atoms. The van der Waals surface area contributed by atoms with Crippen molar-refractivity contribution in [3.8, 4) is 11.8 Å². The second-order valence-corrected chi connectivity index (χ2v) is 6.70. The number of anilines is 2. The maximum Gasteiger partial charge on any atom is 0.419 e. The summed E-state index contributed by atoms with van der Waals surface area (Å²) in [6.07, 6.45) is 0.412. The average molecular weight is 394 g/mol. The molecule has 1 atom stereocenters. The number of carbonyl (C=O) groups is 2. The van der Waals surface area contributed by atoms with E-state index in [9.17, 15) is 9.59 Å². The Kier molecular flexibility index (Phi) is 8.04. The Morgan fingerprint density at radius 3 is 2.66 bits per heavy atom. The second kappa shape index (κ2) is 10.7. The maximum atomic E-state index is 12.7. The number of nitriles is 1. The van der Waals surface area contributed by atoms with Gasteiger partial charge in [-0.3, -0.25) is 4.90 Å². The number of hydrogen-bond donors (Lipinski definition) is 2. The van der Waals surface area contributed by atoms with Crippen molar-refractivity contribution in [2.24, 2.45) is 0 Å². The number of rotatable bonds is 7. The summed E-state index contributed by atoms with van der Waals surface area (Å²) in [5, 5.41) is 14.4. The van der Waals surface area contributed by atoms with Crippen LogP contribution in [0.15, 0.2) is 48.5 Å². The molecular formula is C22H26N4O3. The fourth-order valence-electron chi connectivity index (χ4n) is 2.57. The molecule has 0 fully saturated rings. The third-order valence-corrected chi connectivity index (χ3v) is 4.27. The molecule has 2 N–H and O–H groups in total. The van der Waals surface area contributed by atoms with Crippen molar-refractivity contribution in [2.45, 2.75) is 39.7 Å². The van der Waals surface area contributed by atoms with Gasteiger partial charge in [0.25, 0.3) is 0 Å². The molecule has 0 heterocycles. The first kappa shape index (κ1) is 21.8. The van der Waals surface area contributed by atoms with E-state index in [-0.39, 0.29) is 25.0 Å². The molecule has 7 nitrogen and oxygen atoms in total. The Morgan fingerprint density at radius 1 is 1.21 bits per heavy atom. The highest BCUT2D eigenvalue weighted by atomic mass is 16.6. The molecule has 0 aliphatic rings. The van der Waals surface area contributed by atoms with Crippen molar-refractivity contribution in [1.29, 1.82) is 5.26 Å². The number of nitrogens with zero attached hydrogens (tertiary/aromatic N) is 2. The molecular weight excluding hydrogens is 368 g/mol. The van der Waals surface area contributed by atoms with Crippen molar-refractivity contribution in [1.82, 2.24) is 5.32 Å². The van der Waals surface area contributed by atoms with Crippen LogP contribution in [-0.2, 0) is 0 Å². The fourth-order valence-corrected chi connectivity index (χ4v) is 2.57. The Bertz CT molecular complexity index is 892. The highest BCUT2D eigenvalue weighted by Gasteiger charge is 2.18. The molecule has 29 heavy (non-hydrogen) atoms. The third-order valence-electron chi connectivity index (χ3n) is 4.27. The standard InChI is InChI=1S/C22H26N4O3/c1-4-17(3)24-21(27)25-18-9-6-11-20(15-18)29-22(28)26(13-7-12-23)19-10-5-8-16(2)14-19/h5-6,8-11,14-15,17H,4,7,13H2,1-3H3,(H2,24,25,27). The van der Waals surface area contributed by atoms with Crippen molar-refractivity contribution < 1.29 is 14.3 Å². The summed E-state index contributed by atoms with van der Waals surface area (Å²) in [4.78, 5) is 26.2. The minimum absolute atomic E-state index is 0.0547. The normalized spacial score (nSPS) is 11.1. The van der Waals surface area contributed by atoms with E-state index in [1.807, 2.05) is 45.0 Å². The van der Waals surface area contributed by atoms with E-state index >= 15 is 0 Å². The van der Waals surface area contributed by atoms with Gasteiger partial charge in [0.15, 0.2) is 0 Å². The molecule has 2 rings (SSSR count). The molecule has 0 radical (unpaired) electrons. The van der Waals surface area contributed by atoms with Gasteiger partial charge in [-0.2, -0.15) is 5.26 Å². The molecule has 3 amide bonds. The lowest BCUT2D eigenvalue weighted by molar-refractivity contribution is 0.207. The molecule has 1 unspecified atom stereocenters. The summed E-state index contributed by atoms with van der Waals surface area (Å²) in [5.74, 6) is 0.297. The van der Waals surface area contributed by atoms with Crippen LogP contribution in [0.3, 0.4) is 0 Å². The van der Waals surface area contributed by atoms with Gasteiger partial charge in [0.1, 0.15) is 5.75 Å². The van der Waals surface area contributed by atoms with Gasteiger partial charge in [0.2, 0.25) is 0 Å². The molecule has 7 heteroatoms. The Hall–Kier alpha value is -3.53. The number of benzene rings is 2. The van der Waals surface area contributed by atoms with E-state index in [1.165, 1.54) is 4.90 Å². The van der Waals surface area contributed by atoms with E-state index in [1.54, 1.807) is 30.3 Å². The van der Waals surface area contributed by atoms with Gasteiger partial charge >= 0.3 is 12.1 Å². The summed E-state index contributed by atoms with van der Waals surface area (Å²) >= 11 is 0. The van der Waals surface area contributed by atoms with Crippen LogP contribution in [0.2, 0.25) is 0 Å². The number of amides is 3. The van der Waals surface area contributed by atoms with Crippen molar-refractivity contribution >= 4 is 23.5 Å². The van der Waals surface area contributed by atoms with Crippen LogP contribution in [0, 0.1) is 18.3 Å². The first-order valence-corrected chi connectivity index (χ1v) is 9.53. The quantitative estimate of drug-likeness (QED) is 0.703. The summed E-state index contributed by atoms with van der Waals surface area (Å²) < 4.78 is 5.50. The SMILES string of the molecule is CCC(C)NC(=O)Nc1cccc(OC(=O)N(CCC#N)c2cccc(C)c2)c1. The maximum absolute atomic E-state index is 12.7. The zero-order valence-corrected chi connectivity index (χ0v) is 16.9. The van der Waals surface area contributed by atoms with Crippen LogP contribution in [0.1, 0.15) is 32.3 Å². The average Bonchev–Trinajstić information content (AvgIpc) is 2.68. The predicted octanol–water partition coefficient (Wildman–Crippen LogP) is 4.83. The number of carbonyl (C=O) groups excluding carboxylic acids is 2. The largest absolute Gasteiger partial charge is 0.419 e. The lowest BCUT2D eigenvalue weighted by Gasteiger charge is -2.21. The number of ether oxygens (including phenoxy) is 1. The van der Waals surface area contributed by atoms with Crippen molar-refractivity contribution in [3.05, 3.63) is 54.1 Å². The Labute approximate surface area is 171 Å². The highest BCUT2D eigenvalue weighted by molar-refractivity contribution is 5.91. The van der Waals surface area contributed by atoms with E-state index in [0.717, 1.165) is 12.0 Å². The van der Waals surface area contributed by atoms with Gasteiger partial charge in [-0.25, -0.2) is 9.59 Å². The molecule has 0 aromatic heterocycles. The molecule has 0 saturated heterocycles. The van der Waals surface area contributed by atoms with Gasteiger partial charge in [-0.1, -0.05) is 25.1 Å². The number of nitrogens with one attached hydrogen (secondary N) is 2. The van der Waals surface area contributed by atoms with Crippen LogP contribution in [-0.4, -0.2) is 24.7 Å². The molecule has 0 aliphatic heterocycles. The lowest BCUT2D eigenvalue weighted by Crippen LogP contribution is -2.35. The van der Waals surface area contributed by atoms with Gasteiger partial charge in [-0.15, -0.1) is 0 Å². The third kappa shape index (κ3) is 6.85. The number of urea groups is 1. The molecule has 0 bridgehead atoms. The Morgan fingerprint density at radius 2 is 1.97 bits per heavy atom. The second-order valence-electron chi connectivity index (χ2n) is 6.70. The monoisotopic (exact) mass is 394 g/mol. The first-order chi connectivity index (χ1) is 13.9. The van der Waals surface area contributed by atoms with Gasteiger partial charge in [-0.05, 0) is 50.1 Å². The summed E-state index contributed by atoms with van der Waals surface area (Å²) in [6, 6.07) is 15.8. The molecule has 152 valence electrons. The fraction of sp³-hybridized carbons (Fsp3) is 0.318. The molecule has 0 saturated carbocycles. The number of hydrogen-bond acceptors (Lipinski definition) is 4. The van der Waals surface area contributed by atoms with Crippen molar-refractivity contribution in [3.63, 3.8) is 0 Å². The van der Waals surface area contributed by atoms with Crippen LogP contribution in [0.25, 0.3) is 0 Å². The Balaban J connectivity index is 2.11. The van der Waals surface area contributed by atoms with Gasteiger partial charge in [0.05, 0.1) is 12.5 Å². The van der Waals surface area contributed by atoms with Crippen LogP contribution >= 0.6 is 0 Å². The predicted molar refractivity (Wildman–Crippen MR) is 113 cm³/mol. The lowest BCUT2D eigenvalue weighted by atomic mass is 10.2. The van der Waals surface area contributed by atoms with Crippen LogP contribution in [0.5, 0.6) is 5.75 Å². The summed E-state index contributed by atoms with van der Waals surface area (Å²) in [6.45, 7) is 6.04. The molecule has 0 aliphatic carbocycles. The summed E-state index contributed by atoms with van der Waals surface area (Å²) in [5.41, 5.74) is 2.17. The zero-order valence-electron chi connectivity index (χ0n) is 16.9. The topological polar surface area (TPSA) is 94.5 Å². The van der Waals surface area contributed by atoms with Gasteiger partial charge < -0.3 is 15.4 Å². The highest BCUT2D eigenvalue weighted by Crippen LogP contribution is 2.21. The van der Waals surface area contributed by atoms with Crippen LogP contribution < -0.4 is 20.3 Å². The van der Waals surface area contributed by atoms with E-state index in [4.69, 9.17) is 10.00 Å². The number of aryl methyl sites for hydroxylation is 1. The van der Waals surface area contributed by atoms with E-state index in [0.29, 0.717) is 17.1 Å². The molecule has 2 aromatic rings. The van der Waals surface area contributed by atoms with E-state index < -0.39 is 6.09 Å². The smallest absolute Gasteiger partial charge is 0.410 e.